The highest BCUT2D eigenvalue weighted by molar-refractivity contribution is 4.89. The molecule has 0 bridgehead atoms. The van der Waals surface area contributed by atoms with Gasteiger partial charge in [-0.05, 0) is 37.6 Å². The van der Waals surface area contributed by atoms with Crippen LogP contribution in [0.15, 0.2) is 0 Å². The molecule has 0 heterocycles. The van der Waals surface area contributed by atoms with E-state index < -0.39 is 0 Å². The summed E-state index contributed by atoms with van der Waals surface area (Å²) < 4.78 is 5.56. The van der Waals surface area contributed by atoms with Crippen molar-refractivity contribution in [2.24, 2.45) is 11.3 Å². The van der Waals surface area contributed by atoms with Gasteiger partial charge < -0.3 is 10.1 Å². The minimum atomic E-state index is 0.401. The lowest BCUT2D eigenvalue weighted by Crippen LogP contribution is -2.45. The van der Waals surface area contributed by atoms with Crippen LogP contribution in [0.4, 0.5) is 0 Å². The summed E-state index contributed by atoms with van der Waals surface area (Å²) in [5, 5.41) is 3.35. The van der Waals surface area contributed by atoms with Crippen molar-refractivity contribution < 1.29 is 4.74 Å². The second-order valence-corrected chi connectivity index (χ2v) is 5.55. The third-order valence-electron chi connectivity index (χ3n) is 3.69. The highest BCUT2D eigenvalue weighted by atomic mass is 16.5. The Labute approximate surface area is 88.4 Å². The number of hydrogen-bond acceptors (Lipinski definition) is 2. The van der Waals surface area contributed by atoms with E-state index in [2.05, 4.69) is 26.1 Å². The molecule has 3 atom stereocenters. The van der Waals surface area contributed by atoms with Crippen molar-refractivity contribution in [3.8, 4) is 0 Å². The van der Waals surface area contributed by atoms with E-state index in [1.54, 1.807) is 0 Å². The Morgan fingerprint density at radius 1 is 1.21 bits per heavy atom. The first-order valence-corrected chi connectivity index (χ1v) is 5.69. The standard InChI is InChI=1S/C12H25NO/c1-12(2,3)9-6-7-10(13-4)11(8-9)14-5/h9-11,13H,6-8H2,1-5H3. The zero-order chi connectivity index (χ0) is 10.8. The molecule has 2 nitrogen and oxygen atoms in total. The van der Waals surface area contributed by atoms with Gasteiger partial charge in [-0.25, -0.2) is 0 Å². The lowest BCUT2D eigenvalue weighted by molar-refractivity contribution is 0.000980. The van der Waals surface area contributed by atoms with Crippen molar-refractivity contribution in [3.63, 3.8) is 0 Å². The summed E-state index contributed by atoms with van der Waals surface area (Å²) in [4.78, 5) is 0. The predicted octanol–water partition coefficient (Wildman–Crippen LogP) is 2.44. The lowest BCUT2D eigenvalue weighted by Gasteiger charge is -2.41. The molecule has 84 valence electrons. The Balaban J connectivity index is 2.57. The van der Waals surface area contributed by atoms with Crippen molar-refractivity contribution in [2.45, 2.75) is 52.2 Å². The van der Waals surface area contributed by atoms with E-state index in [0.29, 0.717) is 17.6 Å². The average Bonchev–Trinajstić information content (AvgIpc) is 2.15. The Morgan fingerprint density at radius 2 is 1.86 bits per heavy atom. The number of methoxy groups -OCH3 is 1. The molecule has 3 unspecified atom stereocenters. The van der Waals surface area contributed by atoms with Crippen molar-refractivity contribution >= 4 is 0 Å². The van der Waals surface area contributed by atoms with Gasteiger partial charge in [0.2, 0.25) is 0 Å². The molecule has 2 heteroatoms. The molecule has 0 aliphatic heterocycles. The van der Waals surface area contributed by atoms with Crippen LogP contribution in [0.2, 0.25) is 0 Å². The highest BCUT2D eigenvalue weighted by Crippen LogP contribution is 2.38. The summed E-state index contributed by atoms with van der Waals surface area (Å²) >= 11 is 0. The first-order chi connectivity index (χ1) is 6.49. The maximum atomic E-state index is 5.56. The fourth-order valence-electron chi connectivity index (χ4n) is 2.51. The predicted molar refractivity (Wildman–Crippen MR) is 60.4 cm³/mol. The Bertz CT molecular complexity index is 174. The van der Waals surface area contributed by atoms with Gasteiger partial charge in [0, 0.05) is 13.2 Å². The molecule has 14 heavy (non-hydrogen) atoms. The van der Waals surface area contributed by atoms with Crippen LogP contribution in [0.25, 0.3) is 0 Å². The van der Waals surface area contributed by atoms with Gasteiger partial charge >= 0.3 is 0 Å². The minimum Gasteiger partial charge on any atom is -0.380 e. The first-order valence-electron chi connectivity index (χ1n) is 5.69. The summed E-state index contributed by atoms with van der Waals surface area (Å²) in [6.07, 6.45) is 4.18. The SMILES string of the molecule is CNC1CCC(C(C)(C)C)CC1OC. The van der Waals surface area contributed by atoms with Gasteiger partial charge in [-0.3, -0.25) is 0 Å². The molecule has 1 aliphatic carbocycles. The van der Waals surface area contributed by atoms with Gasteiger partial charge in [0.25, 0.3) is 0 Å². The van der Waals surface area contributed by atoms with Crippen LogP contribution in [-0.4, -0.2) is 26.3 Å². The van der Waals surface area contributed by atoms with Gasteiger partial charge in [0.15, 0.2) is 0 Å². The molecule has 1 rings (SSSR count). The third-order valence-corrected chi connectivity index (χ3v) is 3.69. The third kappa shape index (κ3) is 2.71. The fourth-order valence-corrected chi connectivity index (χ4v) is 2.51. The largest absolute Gasteiger partial charge is 0.380 e. The molecule has 0 aromatic heterocycles. The monoisotopic (exact) mass is 199 g/mol. The molecule has 0 radical (unpaired) electrons. The smallest absolute Gasteiger partial charge is 0.0727 e. The molecule has 0 saturated heterocycles. The maximum Gasteiger partial charge on any atom is 0.0727 e. The van der Waals surface area contributed by atoms with Gasteiger partial charge in [0.1, 0.15) is 0 Å². The van der Waals surface area contributed by atoms with Crippen LogP contribution in [0.5, 0.6) is 0 Å². The minimum absolute atomic E-state index is 0.401. The van der Waals surface area contributed by atoms with Gasteiger partial charge in [-0.2, -0.15) is 0 Å². The topological polar surface area (TPSA) is 21.3 Å². The van der Waals surface area contributed by atoms with E-state index in [1.807, 2.05) is 14.2 Å². The Morgan fingerprint density at radius 3 is 2.29 bits per heavy atom. The second kappa shape index (κ2) is 4.63. The van der Waals surface area contributed by atoms with Crippen LogP contribution < -0.4 is 5.32 Å². The second-order valence-electron chi connectivity index (χ2n) is 5.55. The molecule has 0 amide bonds. The summed E-state index contributed by atoms with van der Waals surface area (Å²) in [6, 6.07) is 0.554. The van der Waals surface area contributed by atoms with Crippen molar-refractivity contribution in [3.05, 3.63) is 0 Å². The van der Waals surface area contributed by atoms with Crippen LogP contribution in [0.1, 0.15) is 40.0 Å². The maximum absolute atomic E-state index is 5.56. The molecule has 0 aromatic carbocycles. The molecule has 0 spiro atoms. The van der Waals surface area contributed by atoms with Crippen molar-refractivity contribution in [2.75, 3.05) is 14.2 Å². The fraction of sp³-hybridized carbons (Fsp3) is 1.00. The molecular formula is C12H25NO. The number of ether oxygens (including phenoxy) is 1. The zero-order valence-electron chi connectivity index (χ0n) is 10.3. The average molecular weight is 199 g/mol. The van der Waals surface area contributed by atoms with Gasteiger partial charge in [-0.15, -0.1) is 0 Å². The van der Waals surface area contributed by atoms with Crippen LogP contribution in [0, 0.1) is 11.3 Å². The number of rotatable bonds is 2. The molecule has 1 saturated carbocycles. The van der Waals surface area contributed by atoms with E-state index in [4.69, 9.17) is 4.74 Å². The quantitative estimate of drug-likeness (QED) is 0.737. The van der Waals surface area contributed by atoms with Crippen LogP contribution >= 0.6 is 0 Å². The molecule has 1 fully saturated rings. The number of hydrogen-bond donors (Lipinski definition) is 1. The van der Waals surface area contributed by atoms with Crippen LogP contribution in [0.3, 0.4) is 0 Å². The van der Waals surface area contributed by atoms with E-state index in [9.17, 15) is 0 Å². The Kier molecular flexibility index (Phi) is 3.96. The Hall–Kier alpha value is -0.0800. The molecule has 1 aliphatic rings. The summed E-state index contributed by atoms with van der Waals surface area (Å²) in [6.45, 7) is 7.01. The molecule has 1 N–H and O–H groups in total. The lowest BCUT2D eigenvalue weighted by atomic mass is 9.70. The van der Waals surface area contributed by atoms with E-state index in [-0.39, 0.29) is 0 Å². The summed E-state index contributed by atoms with van der Waals surface area (Å²) in [5.41, 5.74) is 0.426. The number of likely N-dealkylation sites (N-methyl/N-ethyl adjacent to an activating group) is 1. The van der Waals surface area contributed by atoms with Crippen LogP contribution in [-0.2, 0) is 4.74 Å². The zero-order valence-corrected chi connectivity index (χ0v) is 10.3. The van der Waals surface area contributed by atoms with E-state index in [1.165, 1.54) is 19.3 Å². The molecule has 0 aromatic rings. The van der Waals surface area contributed by atoms with E-state index >= 15 is 0 Å². The van der Waals surface area contributed by atoms with Gasteiger partial charge in [0.05, 0.1) is 6.10 Å². The summed E-state index contributed by atoms with van der Waals surface area (Å²) in [5.74, 6) is 0.803. The normalized spacial score (nSPS) is 34.5. The van der Waals surface area contributed by atoms with Crippen molar-refractivity contribution in [1.82, 2.24) is 5.32 Å². The van der Waals surface area contributed by atoms with E-state index in [0.717, 1.165) is 5.92 Å². The number of nitrogens with one attached hydrogen (secondary N) is 1. The summed E-state index contributed by atoms with van der Waals surface area (Å²) in [7, 11) is 3.87. The van der Waals surface area contributed by atoms with Gasteiger partial charge in [-0.1, -0.05) is 20.8 Å². The van der Waals surface area contributed by atoms with Crippen molar-refractivity contribution in [1.29, 1.82) is 0 Å². The molecular weight excluding hydrogens is 174 g/mol. The first kappa shape index (κ1) is 12.0. The highest BCUT2D eigenvalue weighted by Gasteiger charge is 2.35.